The van der Waals surface area contributed by atoms with Crippen LogP contribution in [0.2, 0.25) is 5.02 Å². The van der Waals surface area contributed by atoms with Gasteiger partial charge >= 0.3 is 5.97 Å². The van der Waals surface area contributed by atoms with E-state index in [4.69, 9.17) is 16.3 Å². The number of hydrogen-bond acceptors (Lipinski definition) is 5. The quantitative estimate of drug-likeness (QED) is 0.448. The molecule has 0 saturated carbocycles. The molecule has 0 aromatic heterocycles. The van der Waals surface area contributed by atoms with Gasteiger partial charge in [-0.2, -0.15) is 0 Å². The Hall–Kier alpha value is -3.36. The average molecular weight is 487 g/mol. The average Bonchev–Trinajstić information content (AvgIpc) is 2.76. The molecule has 0 fully saturated rings. The van der Waals surface area contributed by atoms with Crippen molar-refractivity contribution in [1.29, 1.82) is 0 Å². The molecule has 0 bridgehead atoms. The van der Waals surface area contributed by atoms with Crippen molar-refractivity contribution in [1.82, 2.24) is 0 Å². The normalized spacial score (nSPS) is 11.0. The minimum absolute atomic E-state index is 0.0203. The summed E-state index contributed by atoms with van der Waals surface area (Å²) < 4.78 is 33.5. The summed E-state index contributed by atoms with van der Waals surface area (Å²) in [7, 11) is -4.06. The van der Waals surface area contributed by atoms with Crippen LogP contribution in [0.1, 0.15) is 38.8 Å². The third kappa shape index (κ3) is 5.91. The summed E-state index contributed by atoms with van der Waals surface area (Å²) in [5, 5.41) is 2.63. The number of benzene rings is 3. The zero-order valence-electron chi connectivity index (χ0n) is 18.3. The van der Waals surface area contributed by atoms with E-state index in [0.717, 1.165) is 11.1 Å². The van der Waals surface area contributed by atoms with Crippen molar-refractivity contribution < 1.29 is 22.7 Å². The molecule has 0 saturated heterocycles. The summed E-state index contributed by atoms with van der Waals surface area (Å²) in [5.41, 5.74) is 2.90. The maximum absolute atomic E-state index is 13.0. The van der Waals surface area contributed by atoms with Crippen molar-refractivity contribution in [2.24, 2.45) is 0 Å². The highest BCUT2D eigenvalue weighted by Gasteiger charge is 2.21. The van der Waals surface area contributed by atoms with E-state index in [0.29, 0.717) is 11.4 Å². The molecule has 172 valence electrons. The van der Waals surface area contributed by atoms with Gasteiger partial charge in [-0.15, -0.1) is 0 Å². The lowest BCUT2D eigenvalue weighted by Gasteiger charge is -2.13. The van der Waals surface area contributed by atoms with Crippen molar-refractivity contribution in [2.75, 3.05) is 16.6 Å². The van der Waals surface area contributed by atoms with Crippen molar-refractivity contribution in [3.8, 4) is 0 Å². The van der Waals surface area contributed by atoms with E-state index in [-0.39, 0.29) is 27.7 Å². The van der Waals surface area contributed by atoms with Crippen LogP contribution in [0.3, 0.4) is 0 Å². The summed E-state index contributed by atoms with van der Waals surface area (Å²) in [4.78, 5) is 24.5. The van der Waals surface area contributed by atoms with Crippen LogP contribution in [-0.4, -0.2) is 26.9 Å². The van der Waals surface area contributed by atoms with Crippen molar-refractivity contribution in [3.05, 3.63) is 87.9 Å². The second-order valence-electron chi connectivity index (χ2n) is 7.32. The number of ether oxygens (including phenoxy) is 1. The van der Waals surface area contributed by atoms with Gasteiger partial charge in [0.1, 0.15) is 4.90 Å². The van der Waals surface area contributed by atoms with Gasteiger partial charge in [0.25, 0.3) is 15.9 Å². The van der Waals surface area contributed by atoms with Crippen molar-refractivity contribution in [3.63, 3.8) is 0 Å². The fraction of sp³-hybridized carbons (Fsp3) is 0.167. The van der Waals surface area contributed by atoms with Crippen molar-refractivity contribution >= 4 is 44.9 Å². The molecule has 33 heavy (non-hydrogen) atoms. The van der Waals surface area contributed by atoms with Gasteiger partial charge < -0.3 is 10.1 Å². The largest absolute Gasteiger partial charge is 0.462 e. The van der Waals surface area contributed by atoms with Gasteiger partial charge in [-0.3, -0.25) is 9.52 Å². The zero-order valence-corrected chi connectivity index (χ0v) is 19.9. The number of aryl methyl sites for hydroxylation is 2. The SMILES string of the molecule is CCOC(=O)c1cccc(NC(=O)c2ccc(Cl)c(S(=O)(=O)Nc3ccc(C)cc3C)c2)c1. The van der Waals surface area contributed by atoms with E-state index in [9.17, 15) is 18.0 Å². The number of hydrogen-bond donors (Lipinski definition) is 2. The topological polar surface area (TPSA) is 102 Å². The Bertz CT molecular complexity index is 1320. The number of carbonyl (C=O) groups excluding carboxylic acids is 2. The van der Waals surface area contributed by atoms with E-state index in [1.165, 1.54) is 24.3 Å². The first-order chi connectivity index (χ1) is 15.6. The summed E-state index contributed by atoms with van der Waals surface area (Å²) in [5.74, 6) is -1.07. The van der Waals surface area contributed by atoms with Gasteiger partial charge in [0.2, 0.25) is 0 Å². The Morgan fingerprint density at radius 3 is 2.42 bits per heavy atom. The predicted octanol–water partition coefficient (Wildman–Crippen LogP) is 5.19. The molecule has 1 amide bonds. The number of sulfonamides is 1. The molecule has 0 heterocycles. The van der Waals surface area contributed by atoms with Crippen LogP contribution in [0.15, 0.2) is 65.6 Å². The number of amides is 1. The smallest absolute Gasteiger partial charge is 0.338 e. The number of nitrogens with one attached hydrogen (secondary N) is 2. The second kappa shape index (κ2) is 10.1. The highest BCUT2D eigenvalue weighted by atomic mass is 35.5. The van der Waals surface area contributed by atoms with Gasteiger partial charge in [-0.1, -0.05) is 35.4 Å². The molecule has 0 radical (unpaired) electrons. The van der Waals surface area contributed by atoms with Crippen LogP contribution in [-0.2, 0) is 14.8 Å². The Kier molecular flexibility index (Phi) is 7.40. The van der Waals surface area contributed by atoms with Crippen LogP contribution in [0.4, 0.5) is 11.4 Å². The first kappa shape index (κ1) is 24.3. The summed E-state index contributed by atoms with van der Waals surface area (Å²) >= 11 is 6.16. The Balaban J connectivity index is 1.85. The fourth-order valence-corrected chi connectivity index (χ4v) is 4.78. The molecule has 3 rings (SSSR count). The zero-order chi connectivity index (χ0) is 24.2. The molecule has 0 aliphatic heterocycles. The van der Waals surface area contributed by atoms with Gasteiger partial charge in [0.05, 0.1) is 22.9 Å². The molecule has 0 atom stereocenters. The molecule has 0 unspecified atom stereocenters. The minimum Gasteiger partial charge on any atom is -0.462 e. The molecule has 0 spiro atoms. The second-order valence-corrected chi connectivity index (χ2v) is 9.38. The molecule has 0 aliphatic rings. The Labute approximate surface area is 197 Å². The molecular formula is C24H23ClN2O5S. The van der Waals surface area contributed by atoms with Crippen LogP contribution in [0, 0.1) is 13.8 Å². The Morgan fingerprint density at radius 1 is 0.970 bits per heavy atom. The number of rotatable bonds is 7. The highest BCUT2D eigenvalue weighted by molar-refractivity contribution is 7.92. The Morgan fingerprint density at radius 2 is 1.73 bits per heavy atom. The van der Waals surface area contributed by atoms with Crippen LogP contribution < -0.4 is 10.0 Å². The van der Waals surface area contributed by atoms with Gasteiger partial charge in [0, 0.05) is 11.3 Å². The maximum Gasteiger partial charge on any atom is 0.338 e. The fourth-order valence-electron chi connectivity index (χ4n) is 3.12. The molecule has 7 nitrogen and oxygen atoms in total. The molecule has 9 heteroatoms. The van der Waals surface area contributed by atoms with Crippen LogP contribution >= 0.6 is 11.6 Å². The number of anilines is 2. The van der Waals surface area contributed by atoms with Gasteiger partial charge in [-0.05, 0) is 68.8 Å². The standard InChI is InChI=1S/C24H23ClN2O5S/c1-4-32-24(29)18-6-5-7-19(13-18)26-23(28)17-9-10-20(25)22(14-17)33(30,31)27-21-11-8-15(2)12-16(21)3/h5-14,27H,4H2,1-3H3,(H,26,28). The summed E-state index contributed by atoms with van der Waals surface area (Å²) in [6.07, 6.45) is 0. The number of carbonyl (C=O) groups is 2. The predicted molar refractivity (Wildman–Crippen MR) is 129 cm³/mol. The third-order valence-corrected chi connectivity index (χ3v) is 6.59. The lowest BCUT2D eigenvalue weighted by Crippen LogP contribution is -2.17. The monoisotopic (exact) mass is 486 g/mol. The number of halogens is 1. The summed E-state index contributed by atoms with van der Waals surface area (Å²) in [6.45, 7) is 5.63. The van der Waals surface area contributed by atoms with Gasteiger partial charge in [-0.25, -0.2) is 13.2 Å². The van der Waals surface area contributed by atoms with E-state index in [1.54, 1.807) is 44.2 Å². The first-order valence-corrected chi connectivity index (χ1v) is 11.9. The highest BCUT2D eigenvalue weighted by Crippen LogP contribution is 2.27. The van der Waals surface area contributed by atoms with E-state index in [2.05, 4.69) is 10.0 Å². The third-order valence-electron chi connectivity index (χ3n) is 4.74. The molecular weight excluding hydrogens is 464 g/mol. The summed E-state index contributed by atoms with van der Waals surface area (Å²) in [6, 6.07) is 15.6. The minimum atomic E-state index is -4.06. The van der Waals surface area contributed by atoms with Crippen molar-refractivity contribution in [2.45, 2.75) is 25.7 Å². The molecule has 2 N–H and O–H groups in total. The van der Waals surface area contributed by atoms with E-state index >= 15 is 0 Å². The first-order valence-electron chi connectivity index (χ1n) is 10.1. The number of esters is 1. The molecule has 3 aromatic rings. The van der Waals surface area contributed by atoms with Gasteiger partial charge in [0.15, 0.2) is 0 Å². The van der Waals surface area contributed by atoms with Crippen LogP contribution in [0.5, 0.6) is 0 Å². The van der Waals surface area contributed by atoms with E-state index < -0.39 is 21.9 Å². The van der Waals surface area contributed by atoms with E-state index in [1.807, 2.05) is 13.0 Å². The molecule has 3 aromatic carbocycles. The maximum atomic E-state index is 13.0. The molecule has 0 aliphatic carbocycles. The van der Waals surface area contributed by atoms with Crippen LogP contribution in [0.25, 0.3) is 0 Å². The lowest BCUT2D eigenvalue weighted by atomic mass is 10.1. The lowest BCUT2D eigenvalue weighted by molar-refractivity contribution is 0.0526.